The summed E-state index contributed by atoms with van der Waals surface area (Å²) in [5, 5.41) is 20.9. The number of nitrogens with zero attached hydrogens (tertiary/aromatic N) is 2. The second-order valence-electron chi connectivity index (χ2n) is 7.71. The lowest BCUT2D eigenvalue weighted by Crippen LogP contribution is -2.09. The van der Waals surface area contributed by atoms with Gasteiger partial charge in [0.25, 0.3) is 5.69 Å². The minimum Gasteiger partial charge on any atom is -0.508 e. The standard InChI is InChI=1S/C25H24N2O6/c1-15(2)20-13-21(16(3)11-22(20)28)26-14-17-5-10-23(24(12-17)32-4)33-25(29)18-6-8-19(9-7-18)27(30)31/h5-15,28H,1-4H3. The molecule has 0 aliphatic heterocycles. The summed E-state index contributed by atoms with van der Waals surface area (Å²) in [7, 11) is 1.46. The number of aromatic hydroxyl groups is 1. The summed E-state index contributed by atoms with van der Waals surface area (Å²) < 4.78 is 10.8. The fourth-order valence-corrected chi connectivity index (χ4v) is 3.17. The lowest BCUT2D eigenvalue weighted by atomic mass is 9.99. The van der Waals surface area contributed by atoms with Crippen LogP contribution in [0.4, 0.5) is 11.4 Å². The number of phenolic OH excluding ortho intramolecular Hbond substituents is 1. The molecule has 0 spiro atoms. The smallest absolute Gasteiger partial charge is 0.343 e. The molecule has 0 heterocycles. The number of nitro benzene ring substituents is 1. The van der Waals surface area contributed by atoms with Crippen molar-refractivity contribution in [2.45, 2.75) is 26.7 Å². The van der Waals surface area contributed by atoms with E-state index in [1.807, 2.05) is 26.8 Å². The number of aryl methyl sites for hydroxylation is 1. The maximum Gasteiger partial charge on any atom is 0.343 e. The highest BCUT2D eigenvalue weighted by Crippen LogP contribution is 2.33. The van der Waals surface area contributed by atoms with Gasteiger partial charge in [0.05, 0.1) is 23.3 Å². The van der Waals surface area contributed by atoms with Crippen LogP contribution < -0.4 is 9.47 Å². The van der Waals surface area contributed by atoms with Crippen LogP contribution in [0.25, 0.3) is 0 Å². The molecule has 0 fully saturated rings. The number of carbonyl (C=O) groups excluding carboxylic acids is 1. The third kappa shape index (κ3) is 5.54. The molecule has 0 unspecified atom stereocenters. The van der Waals surface area contributed by atoms with E-state index in [0.717, 1.165) is 22.4 Å². The fourth-order valence-electron chi connectivity index (χ4n) is 3.17. The highest BCUT2D eigenvalue weighted by molar-refractivity contribution is 5.92. The molecule has 3 rings (SSSR count). The Hall–Kier alpha value is -4.20. The summed E-state index contributed by atoms with van der Waals surface area (Å²) in [5.41, 5.74) is 3.19. The Morgan fingerprint density at radius 3 is 2.39 bits per heavy atom. The molecule has 3 aromatic carbocycles. The summed E-state index contributed by atoms with van der Waals surface area (Å²) in [6, 6.07) is 13.7. The largest absolute Gasteiger partial charge is 0.508 e. The predicted octanol–water partition coefficient (Wildman–Crippen LogP) is 5.71. The van der Waals surface area contributed by atoms with Crippen LogP contribution in [0.2, 0.25) is 0 Å². The van der Waals surface area contributed by atoms with Gasteiger partial charge in [0, 0.05) is 18.3 Å². The van der Waals surface area contributed by atoms with Crippen LogP contribution in [0.3, 0.4) is 0 Å². The molecule has 8 nitrogen and oxygen atoms in total. The van der Waals surface area contributed by atoms with Gasteiger partial charge in [-0.1, -0.05) is 13.8 Å². The van der Waals surface area contributed by atoms with E-state index in [1.54, 1.807) is 30.5 Å². The van der Waals surface area contributed by atoms with Crippen LogP contribution in [0.1, 0.15) is 46.8 Å². The van der Waals surface area contributed by atoms with E-state index in [2.05, 4.69) is 4.99 Å². The molecule has 0 aliphatic rings. The summed E-state index contributed by atoms with van der Waals surface area (Å²) in [6.07, 6.45) is 1.66. The van der Waals surface area contributed by atoms with Crippen molar-refractivity contribution in [1.29, 1.82) is 0 Å². The van der Waals surface area contributed by atoms with Gasteiger partial charge < -0.3 is 14.6 Å². The van der Waals surface area contributed by atoms with E-state index in [9.17, 15) is 20.0 Å². The topological polar surface area (TPSA) is 111 Å². The zero-order chi connectivity index (χ0) is 24.1. The first kappa shape index (κ1) is 23.5. The van der Waals surface area contributed by atoms with Crippen molar-refractivity contribution in [1.82, 2.24) is 0 Å². The summed E-state index contributed by atoms with van der Waals surface area (Å²) in [6.45, 7) is 5.87. The van der Waals surface area contributed by atoms with Gasteiger partial charge in [-0.05, 0) is 72.0 Å². The molecule has 0 aromatic heterocycles. The van der Waals surface area contributed by atoms with Crippen LogP contribution in [-0.2, 0) is 0 Å². The Balaban J connectivity index is 1.80. The highest BCUT2D eigenvalue weighted by Gasteiger charge is 2.15. The van der Waals surface area contributed by atoms with Gasteiger partial charge in [0.15, 0.2) is 11.5 Å². The third-order valence-corrected chi connectivity index (χ3v) is 5.02. The number of non-ortho nitro benzene ring substituents is 1. The normalized spacial score (nSPS) is 11.1. The van der Waals surface area contributed by atoms with Gasteiger partial charge in [-0.25, -0.2) is 4.79 Å². The van der Waals surface area contributed by atoms with Gasteiger partial charge in [-0.2, -0.15) is 0 Å². The third-order valence-electron chi connectivity index (χ3n) is 5.02. The van der Waals surface area contributed by atoms with Crippen molar-refractivity contribution in [3.8, 4) is 17.2 Å². The van der Waals surface area contributed by atoms with Crippen LogP contribution in [-0.4, -0.2) is 29.3 Å². The molecule has 0 amide bonds. The van der Waals surface area contributed by atoms with Crippen molar-refractivity contribution in [3.05, 3.63) is 87.0 Å². The Bertz CT molecular complexity index is 1220. The number of hydrogen-bond donors (Lipinski definition) is 1. The number of rotatable bonds is 7. The highest BCUT2D eigenvalue weighted by atomic mass is 16.6. The van der Waals surface area contributed by atoms with E-state index < -0.39 is 10.9 Å². The Morgan fingerprint density at radius 1 is 1.09 bits per heavy atom. The second kappa shape index (κ2) is 9.95. The SMILES string of the molecule is COc1cc(C=Nc2cc(C(C)C)c(O)cc2C)ccc1OC(=O)c1ccc([N+](=O)[O-])cc1. The molecule has 8 heteroatoms. The van der Waals surface area contributed by atoms with Gasteiger partial charge >= 0.3 is 5.97 Å². The Kier molecular flexibility index (Phi) is 7.07. The van der Waals surface area contributed by atoms with Crippen LogP contribution >= 0.6 is 0 Å². The van der Waals surface area contributed by atoms with Crippen molar-refractivity contribution in [3.63, 3.8) is 0 Å². The molecule has 3 aromatic rings. The van der Waals surface area contributed by atoms with Gasteiger partial charge in [-0.3, -0.25) is 15.1 Å². The lowest BCUT2D eigenvalue weighted by molar-refractivity contribution is -0.384. The monoisotopic (exact) mass is 448 g/mol. The molecule has 0 radical (unpaired) electrons. The number of hydrogen-bond acceptors (Lipinski definition) is 7. The Labute approximate surface area is 191 Å². The van der Waals surface area contributed by atoms with Gasteiger partial charge in [-0.15, -0.1) is 0 Å². The fraction of sp³-hybridized carbons (Fsp3) is 0.200. The molecule has 0 aliphatic carbocycles. The average Bonchev–Trinajstić information content (AvgIpc) is 2.78. The molecule has 0 atom stereocenters. The first-order valence-corrected chi connectivity index (χ1v) is 10.2. The van der Waals surface area contributed by atoms with Crippen molar-refractivity contribution < 1.29 is 24.3 Å². The number of benzene rings is 3. The van der Waals surface area contributed by atoms with Crippen molar-refractivity contribution in [2.75, 3.05) is 7.11 Å². The number of carbonyl (C=O) groups is 1. The molecule has 33 heavy (non-hydrogen) atoms. The van der Waals surface area contributed by atoms with E-state index in [-0.39, 0.29) is 28.7 Å². The first-order valence-electron chi connectivity index (χ1n) is 10.2. The summed E-state index contributed by atoms with van der Waals surface area (Å²) in [4.78, 5) is 27.2. The second-order valence-corrected chi connectivity index (χ2v) is 7.71. The number of esters is 1. The summed E-state index contributed by atoms with van der Waals surface area (Å²) >= 11 is 0. The minimum atomic E-state index is -0.662. The number of nitro groups is 1. The van der Waals surface area contributed by atoms with Gasteiger partial charge in [0.2, 0.25) is 0 Å². The lowest BCUT2D eigenvalue weighted by Gasteiger charge is -2.11. The maximum atomic E-state index is 12.4. The zero-order valence-corrected chi connectivity index (χ0v) is 18.7. The first-order chi connectivity index (χ1) is 15.7. The molecule has 0 saturated carbocycles. The Morgan fingerprint density at radius 2 is 1.79 bits per heavy atom. The number of ether oxygens (including phenoxy) is 2. The summed E-state index contributed by atoms with van der Waals surface area (Å²) in [5.74, 6) is 0.289. The van der Waals surface area contributed by atoms with E-state index in [4.69, 9.17) is 9.47 Å². The number of aliphatic imine (C=N–C) groups is 1. The molecule has 0 bridgehead atoms. The molecular formula is C25H24N2O6. The van der Waals surface area contributed by atoms with Crippen LogP contribution in [0, 0.1) is 17.0 Å². The quantitative estimate of drug-likeness (QED) is 0.163. The van der Waals surface area contributed by atoms with E-state index in [1.165, 1.54) is 31.4 Å². The van der Waals surface area contributed by atoms with E-state index >= 15 is 0 Å². The maximum absolute atomic E-state index is 12.4. The molecule has 0 saturated heterocycles. The van der Waals surface area contributed by atoms with Crippen molar-refractivity contribution >= 4 is 23.6 Å². The molecular weight excluding hydrogens is 424 g/mol. The van der Waals surface area contributed by atoms with Crippen molar-refractivity contribution in [2.24, 2.45) is 4.99 Å². The molecule has 1 N–H and O–H groups in total. The van der Waals surface area contributed by atoms with Gasteiger partial charge in [0.1, 0.15) is 5.75 Å². The van der Waals surface area contributed by atoms with E-state index in [0.29, 0.717) is 5.75 Å². The zero-order valence-electron chi connectivity index (χ0n) is 18.7. The van der Waals surface area contributed by atoms with Crippen LogP contribution in [0.15, 0.2) is 59.6 Å². The number of phenols is 1. The minimum absolute atomic E-state index is 0.114. The predicted molar refractivity (Wildman–Crippen MR) is 125 cm³/mol. The van der Waals surface area contributed by atoms with Crippen LogP contribution in [0.5, 0.6) is 17.2 Å². The molecule has 170 valence electrons. The average molecular weight is 448 g/mol. The number of methoxy groups -OCH3 is 1.